The van der Waals surface area contributed by atoms with Gasteiger partial charge in [0.2, 0.25) is 0 Å². The van der Waals surface area contributed by atoms with E-state index in [2.05, 4.69) is 10.00 Å². The lowest BCUT2D eigenvalue weighted by atomic mass is 10.1. The molecule has 4 nitrogen and oxygen atoms in total. The average Bonchev–Trinajstić information content (AvgIpc) is 2.86. The summed E-state index contributed by atoms with van der Waals surface area (Å²) < 4.78 is 1.95. The molecular formula is C10H17N3O. The van der Waals surface area contributed by atoms with Gasteiger partial charge in [-0.2, -0.15) is 5.10 Å². The molecule has 1 N–H and O–H groups in total. The van der Waals surface area contributed by atoms with Gasteiger partial charge in [-0.1, -0.05) is 0 Å². The largest absolute Gasteiger partial charge is 0.396 e. The second kappa shape index (κ2) is 4.57. The Bertz CT molecular complexity index is 260. The van der Waals surface area contributed by atoms with Gasteiger partial charge in [0.05, 0.1) is 6.54 Å². The van der Waals surface area contributed by atoms with Gasteiger partial charge in [0, 0.05) is 32.1 Å². The van der Waals surface area contributed by atoms with Crippen molar-refractivity contribution in [3.63, 3.8) is 0 Å². The lowest BCUT2D eigenvalue weighted by Gasteiger charge is -2.15. The van der Waals surface area contributed by atoms with Crippen LogP contribution in [0.1, 0.15) is 6.42 Å². The number of aromatic nitrogens is 2. The minimum Gasteiger partial charge on any atom is -0.396 e. The number of aliphatic hydroxyl groups excluding tert-OH is 1. The summed E-state index contributed by atoms with van der Waals surface area (Å²) in [6, 6.07) is 1.94. The zero-order valence-electron chi connectivity index (χ0n) is 8.34. The summed E-state index contributed by atoms with van der Waals surface area (Å²) in [4.78, 5) is 2.39. The van der Waals surface area contributed by atoms with Crippen molar-refractivity contribution in [2.45, 2.75) is 13.0 Å². The molecule has 4 heteroatoms. The van der Waals surface area contributed by atoms with Crippen molar-refractivity contribution in [3.05, 3.63) is 18.5 Å². The third-order valence-corrected chi connectivity index (χ3v) is 2.83. The van der Waals surface area contributed by atoms with E-state index >= 15 is 0 Å². The number of rotatable bonds is 4. The molecule has 0 amide bonds. The maximum Gasteiger partial charge on any atom is 0.0536 e. The van der Waals surface area contributed by atoms with E-state index in [0.717, 1.165) is 32.6 Å². The van der Waals surface area contributed by atoms with E-state index in [0.29, 0.717) is 12.5 Å². The number of aliphatic hydroxyl groups is 1. The Balaban J connectivity index is 1.72. The molecule has 14 heavy (non-hydrogen) atoms. The molecule has 1 aromatic heterocycles. The Morgan fingerprint density at radius 1 is 1.43 bits per heavy atom. The van der Waals surface area contributed by atoms with Gasteiger partial charge in [-0.3, -0.25) is 4.68 Å². The first kappa shape index (κ1) is 9.68. The van der Waals surface area contributed by atoms with Crippen molar-refractivity contribution in [1.82, 2.24) is 14.7 Å². The zero-order valence-corrected chi connectivity index (χ0v) is 8.34. The van der Waals surface area contributed by atoms with E-state index in [1.807, 2.05) is 16.9 Å². The normalized spacial score (nSPS) is 23.1. The summed E-state index contributed by atoms with van der Waals surface area (Å²) in [6.07, 6.45) is 4.93. The molecule has 1 aliphatic heterocycles. The monoisotopic (exact) mass is 195 g/mol. The van der Waals surface area contributed by atoms with Crippen molar-refractivity contribution in [2.75, 3.05) is 26.2 Å². The second-order valence-corrected chi connectivity index (χ2v) is 3.91. The second-order valence-electron chi connectivity index (χ2n) is 3.91. The molecule has 1 atom stereocenters. The molecular weight excluding hydrogens is 178 g/mol. The van der Waals surface area contributed by atoms with Crippen molar-refractivity contribution in [1.29, 1.82) is 0 Å². The van der Waals surface area contributed by atoms with E-state index in [1.165, 1.54) is 0 Å². The van der Waals surface area contributed by atoms with E-state index in [9.17, 15) is 0 Å². The Kier molecular flexibility index (Phi) is 3.16. The standard InChI is InChI=1S/C10H17N3O/c14-9-10-2-5-12(8-10)6-7-13-4-1-3-11-13/h1,3-4,10,14H,2,5-9H2. The van der Waals surface area contributed by atoms with Crippen LogP contribution in [0.5, 0.6) is 0 Å². The van der Waals surface area contributed by atoms with Crippen LogP contribution in [0.3, 0.4) is 0 Å². The maximum absolute atomic E-state index is 8.99. The molecule has 0 aromatic carbocycles. The molecule has 78 valence electrons. The van der Waals surface area contributed by atoms with Crippen LogP contribution in [-0.2, 0) is 6.54 Å². The molecule has 0 spiro atoms. The number of hydrogen-bond donors (Lipinski definition) is 1. The molecule has 1 unspecified atom stereocenters. The Labute approximate surface area is 84.1 Å². The summed E-state index contributed by atoms with van der Waals surface area (Å²) in [5, 5.41) is 13.1. The van der Waals surface area contributed by atoms with Crippen molar-refractivity contribution >= 4 is 0 Å². The average molecular weight is 195 g/mol. The van der Waals surface area contributed by atoms with Crippen molar-refractivity contribution < 1.29 is 5.11 Å². The van der Waals surface area contributed by atoms with Gasteiger partial charge in [0.1, 0.15) is 0 Å². The third kappa shape index (κ3) is 2.33. The smallest absolute Gasteiger partial charge is 0.0536 e. The highest BCUT2D eigenvalue weighted by atomic mass is 16.3. The number of likely N-dealkylation sites (tertiary alicyclic amines) is 1. The zero-order chi connectivity index (χ0) is 9.80. The van der Waals surface area contributed by atoms with Gasteiger partial charge in [0.15, 0.2) is 0 Å². The van der Waals surface area contributed by atoms with Gasteiger partial charge in [-0.25, -0.2) is 0 Å². The van der Waals surface area contributed by atoms with E-state index in [1.54, 1.807) is 6.20 Å². The van der Waals surface area contributed by atoms with Gasteiger partial charge >= 0.3 is 0 Å². The van der Waals surface area contributed by atoms with Crippen LogP contribution >= 0.6 is 0 Å². The maximum atomic E-state index is 8.99. The minimum atomic E-state index is 0.332. The van der Waals surface area contributed by atoms with Crippen LogP contribution < -0.4 is 0 Å². The van der Waals surface area contributed by atoms with Crippen LogP contribution in [0, 0.1) is 5.92 Å². The SMILES string of the molecule is OCC1CCN(CCn2cccn2)C1. The van der Waals surface area contributed by atoms with Crippen LogP contribution in [0.2, 0.25) is 0 Å². The first-order valence-electron chi connectivity index (χ1n) is 5.19. The molecule has 2 rings (SSSR count). The first-order chi connectivity index (χ1) is 6.88. The Morgan fingerprint density at radius 2 is 2.36 bits per heavy atom. The van der Waals surface area contributed by atoms with Gasteiger partial charge in [0.25, 0.3) is 0 Å². The Hall–Kier alpha value is -0.870. The molecule has 0 bridgehead atoms. The molecule has 2 heterocycles. The van der Waals surface area contributed by atoms with Gasteiger partial charge in [-0.15, -0.1) is 0 Å². The predicted octanol–water partition coefficient (Wildman–Crippen LogP) is 0.197. The summed E-state index contributed by atoms with van der Waals surface area (Å²) in [5.41, 5.74) is 0. The molecule has 1 fully saturated rings. The quantitative estimate of drug-likeness (QED) is 0.746. The van der Waals surface area contributed by atoms with Gasteiger partial charge < -0.3 is 10.0 Å². The number of hydrogen-bond acceptors (Lipinski definition) is 3. The van der Waals surface area contributed by atoms with Crippen LogP contribution in [0.15, 0.2) is 18.5 Å². The van der Waals surface area contributed by atoms with Gasteiger partial charge in [-0.05, 0) is 24.9 Å². The topological polar surface area (TPSA) is 41.3 Å². The molecule has 0 aliphatic carbocycles. The molecule has 0 saturated carbocycles. The summed E-state index contributed by atoms with van der Waals surface area (Å²) in [7, 11) is 0. The molecule has 1 aliphatic rings. The molecule has 1 aromatic rings. The van der Waals surface area contributed by atoms with E-state index in [4.69, 9.17) is 5.11 Å². The highest BCUT2D eigenvalue weighted by molar-refractivity contribution is 4.79. The van der Waals surface area contributed by atoms with E-state index < -0.39 is 0 Å². The highest BCUT2D eigenvalue weighted by Crippen LogP contribution is 2.14. The predicted molar refractivity (Wildman–Crippen MR) is 53.9 cm³/mol. The van der Waals surface area contributed by atoms with Crippen LogP contribution in [-0.4, -0.2) is 46.0 Å². The van der Waals surface area contributed by atoms with Crippen molar-refractivity contribution in [3.8, 4) is 0 Å². The summed E-state index contributed by atoms with van der Waals surface area (Å²) in [5.74, 6) is 0.493. The van der Waals surface area contributed by atoms with Crippen LogP contribution in [0.4, 0.5) is 0 Å². The lowest BCUT2D eigenvalue weighted by Crippen LogP contribution is -2.25. The first-order valence-corrected chi connectivity index (χ1v) is 5.19. The molecule has 1 saturated heterocycles. The minimum absolute atomic E-state index is 0.332. The Morgan fingerprint density at radius 3 is 3.00 bits per heavy atom. The van der Waals surface area contributed by atoms with Crippen molar-refractivity contribution in [2.24, 2.45) is 5.92 Å². The fourth-order valence-corrected chi connectivity index (χ4v) is 1.94. The third-order valence-electron chi connectivity index (χ3n) is 2.83. The number of nitrogens with zero attached hydrogens (tertiary/aromatic N) is 3. The fourth-order valence-electron chi connectivity index (χ4n) is 1.94. The fraction of sp³-hybridized carbons (Fsp3) is 0.700. The summed E-state index contributed by atoms with van der Waals surface area (Å²) in [6.45, 7) is 4.48. The van der Waals surface area contributed by atoms with Crippen LogP contribution in [0.25, 0.3) is 0 Å². The van der Waals surface area contributed by atoms with E-state index in [-0.39, 0.29) is 0 Å². The highest BCUT2D eigenvalue weighted by Gasteiger charge is 2.20. The lowest BCUT2D eigenvalue weighted by molar-refractivity contribution is 0.219. The summed E-state index contributed by atoms with van der Waals surface area (Å²) >= 11 is 0. The molecule has 0 radical (unpaired) electrons.